The molecule has 0 aliphatic carbocycles. The molecule has 0 bridgehead atoms. The predicted octanol–water partition coefficient (Wildman–Crippen LogP) is 5.12. The van der Waals surface area contributed by atoms with E-state index in [1.807, 2.05) is 30.3 Å². The molecule has 0 spiro atoms. The monoisotopic (exact) mass is 319 g/mol. The molecule has 2 rings (SSSR count). The van der Waals surface area contributed by atoms with Crippen LogP contribution in [0, 0.1) is 0 Å². The lowest BCUT2D eigenvalue weighted by atomic mass is 9.87. The molecule has 100 valence electrons. The first-order chi connectivity index (χ1) is 8.86. The van der Waals surface area contributed by atoms with Crippen molar-refractivity contribution >= 4 is 21.6 Å². The van der Waals surface area contributed by atoms with Crippen molar-refractivity contribution < 1.29 is 4.74 Å². The van der Waals surface area contributed by atoms with E-state index >= 15 is 0 Å². The number of hydrogen-bond donors (Lipinski definition) is 1. The van der Waals surface area contributed by atoms with E-state index in [1.165, 1.54) is 5.56 Å². The molecule has 0 saturated carbocycles. The lowest BCUT2D eigenvalue weighted by Gasteiger charge is -2.20. The second-order valence-electron chi connectivity index (χ2n) is 5.56. The molecule has 0 aromatic heterocycles. The molecule has 0 aliphatic heterocycles. The van der Waals surface area contributed by atoms with Crippen molar-refractivity contribution in [2.24, 2.45) is 0 Å². The van der Waals surface area contributed by atoms with Crippen LogP contribution < -0.4 is 10.5 Å². The van der Waals surface area contributed by atoms with Crippen LogP contribution in [0.5, 0.6) is 11.5 Å². The fourth-order valence-electron chi connectivity index (χ4n) is 1.77. The van der Waals surface area contributed by atoms with E-state index in [0.717, 1.165) is 10.2 Å². The molecule has 0 unspecified atom stereocenters. The molecule has 0 saturated heterocycles. The topological polar surface area (TPSA) is 35.2 Å². The van der Waals surface area contributed by atoms with Gasteiger partial charge in [-0.2, -0.15) is 0 Å². The quantitative estimate of drug-likeness (QED) is 0.779. The lowest BCUT2D eigenvalue weighted by molar-refractivity contribution is 0.481. The van der Waals surface area contributed by atoms with Crippen LogP contribution in [0.25, 0.3) is 0 Å². The molecule has 0 radical (unpaired) electrons. The Labute approximate surface area is 122 Å². The summed E-state index contributed by atoms with van der Waals surface area (Å²) in [6, 6.07) is 13.7. The Morgan fingerprint density at radius 2 is 1.79 bits per heavy atom. The zero-order chi connectivity index (χ0) is 14.0. The van der Waals surface area contributed by atoms with E-state index < -0.39 is 0 Å². The highest BCUT2D eigenvalue weighted by Gasteiger charge is 2.14. The number of benzene rings is 2. The van der Waals surface area contributed by atoms with Gasteiger partial charge in [-0.25, -0.2) is 0 Å². The van der Waals surface area contributed by atoms with Crippen LogP contribution in [0.1, 0.15) is 26.3 Å². The third-order valence-electron chi connectivity index (χ3n) is 2.90. The Morgan fingerprint density at radius 3 is 2.42 bits per heavy atom. The second kappa shape index (κ2) is 5.25. The summed E-state index contributed by atoms with van der Waals surface area (Å²) in [4.78, 5) is 0. The van der Waals surface area contributed by atoms with E-state index in [0.29, 0.717) is 11.4 Å². The van der Waals surface area contributed by atoms with Gasteiger partial charge >= 0.3 is 0 Å². The third kappa shape index (κ3) is 3.51. The van der Waals surface area contributed by atoms with Gasteiger partial charge < -0.3 is 10.5 Å². The normalized spacial score (nSPS) is 11.4. The fourth-order valence-corrected chi connectivity index (χ4v) is 2.14. The Kier molecular flexibility index (Phi) is 3.85. The van der Waals surface area contributed by atoms with Crippen LogP contribution in [0.15, 0.2) is 46.9 Å². The number of nitrogen functional groups attached to an aromatic ring is 1. The number of hydrogen-bond acceptors (Lipinski definition) is 2. The van der Waals surface area contributed by atoms with Crippen molar-refractivity contribution in [3.8, 4) is 11.5 Å². The van der Waals surface area contributed by atoms with Crippen molar-refractivity contribution in [1.29, 1.82) is 0 Å². The molecule has 0 amide bonds. The van der Waals surface area contributed by atoms with Crippen LogP contribution in [0.4, 0.5) is 5.69 Å². The minimum Gasteiger partial charge on any atom is -0.455 e. The van der Waals surface area contributed by atoms with Gasteiger partial charge in [0.2, 0.25) is 0 Å². The molecular formula is C16H18BrNO. The van der Waals surface area contributed by atoms with Gasteiger partial charge in [0.1, 0.15) is 11.5 Å². The molecule has 2 aromatic rings. The highest BCUT2D eigenvalue weighted by Crippen LogP contribution is 2.32. The van der Waals surface area contributed by atoms with Gasteiger partial charge in [0.25, 0.3) is 0 Å². The summed E-state index contributed by atoms with van der Waals surface area (Å²) in [5.74, 6) is 1.48. The Balaban J connectivity index is 2.29. The second-order valence-corrected chi connectivity index (χ2v) is 6.48. The van der Waals surface area contributed by atoms with E-state index in [9.17, 15) is 0 Å². The van der Waals surface area contributed by atoms with Gasteiger partial charge in [-0.1, -0.05) is 48.8 Å². The zero-order valence-electron chi connectivity index (χ0n) is 11.4. The van der Waals surface area contributed by atoms with Gasteiger partial charge in [-0.3, -0.25) is 0 Å². The van der Waals surface area contributed by atoms with Gasteiger partial charge in [-0.05, 0) is 41.3 Å². The Bertz CT molecular complexity index is 588. The predicted molar refractivity (Wildman–Crippen MR) is 83.8 cm³/mol. The van der Waals surface area contributed by atoms with E-state index in [1.54, 1.807) is 0 Å². The Hall–Kier alpha value is -1.48. The first-order valence-corrected chi connectivity index (χ1v) is 6.99. The summed E-state index contributed by atoms with van der Waals surface area (Å²) >= 11 is 3.38. The molecule has 2 N–H and O–H groups in total. The number of halogens is 1. The maximum Gasteiger partial charge on any atom is 0.150 e. The van der Waals surface area contributed by atoms with E-state index in [4.69, 9.17) is 10.5 Å². The highest BCUT2D eigenvalue weighted by atomic mass is 79.9. The number of anilines is 1. The smallest absolute Gasteiger partial charge is 0.150 e. The summed E-state index contributed by atoms with van der Waals surface area (Å²) in [6.45, 7) is 6.54. The first kappa shape index (κ1) is 13.9. The summed E-state index contributed by atoms with van der Waals surface area (Å²) in [6.07, 6.45) is 0. The molecule has 2 nitrogen and oxygen atoms in total. The van der Waals surface area contributed by atoms with Crippen LogP contribution in [-0.4, -0.2) is 0 Å². The molecular weight excluding hydrogens is 302 g/mol. The van der Waals surface area contributed by atoms with Crippen molar-refractivity contribution in [2.45, 2.75) is 26.2 Å². The average Bonchev–Trinajstić information content (AvgIpc) is 2.32. The van der Waals surface area contributed by atoms with Crippen LogP contribution in [0.2, 0.25) is 0 Å². The maximum absolute atomic E-state index is 5.94. The van der Waals surface area contributed by atoms with Crippen molar-refractivity contribution in [2.75, 3.05) is 5.73 Å². The third-order valence-corrected chi connectivity index (χ3v) is 3.39. The number of ether oxygens (including phenoxy) is 1. The summed E-state index contributed by atoms with van der Waals surface area (Å²) in [7, 11) is 0. The van der Waals surface area contributed by atoms with Crippen molar-refractivity contribution in [3.63, 3.8) is 0 Å². The van der Waals surface area contributed by atoms with Crippen molar-refractivity contribution in [3.05, 3.63) is 52.5 Å². The summed E-state index contributed by atoms with van der Waals surface area (Å²) < 4.78 is 6.80. The molecule has 0 aliphatic rings. The molecule has 19 heavy (non-hydrogen) atoms. The van der Waals surface area contributed by atoms with E-state index in [-0.39, 0.29) is 5.41 Å². The summed E-state index contributed by atoms with van der Waals surface area (Å²) in [5.41, 5.74) is 7.90. The van der Waals surface area contributed by atoms with Gasteiger partial charge in [-0.15, -0.1) is 0 Å². The minimum atomic E-state index is 0.102. The zero-order valence-corrected chi connectivity index (χ0v) is 13.0. The van der Waals surface area contributed by atoms with Crippen LogP contribution >= 0.6 is 15.9 Å². The van der Waals surface area contributed by atoms with Crippen LogP contribution in [-0.2, 0) is 5.41 Å². The molecule has 0 atom stereocenters. The Morgan fingerprint density at radius 1 is 1.05 bits per heavy atom. The first-order valence-electron chi connectivity index (χ1n) is 6.20. The molecule has 0 fully saturated rings. The maximum atomic E-state index is 5.94. The number of nitrogens with two attached hydrogens (primary N) is 1. The van der Waals surface area contributed by atoms with Crippen LogP contribution in [0.3, 0.4) is 0 Å². The van der Waals surface area contributed by atoms with Gasteiger partial charge in [0, 0.05) is 4.47 Å². The largest absolute Gasteiger partial charge is 0.455 e. The summed E-state index contributed by atoms with van der Waals surface area (Å²) in [5, 5.41) is 0. The van der Waals surface area contributed by atoms with Gasteiger partial charge in [0.15, 0.2) is 0 Å². The standard InChI is InChI=1S/C16H18BrNO/c1-16(2,3)11-5-4-6-13(9-11)19-15-8-7-12(17)10-14(15)18/h4-10H,18H2,1-3H3. The fraction of sp³-hybridized carbons (Fsp3) is 0.250. The average molecular weight is 320 g/mol. The molecule has 0 heterocycles. The molecule has 2 aromatic carbocycles. The lowest BCUT2D eigenvalue weighted by Crippen LogP contribution is -2.10. The van der Waals surface area contributed by atoms with Gasteiger partial charge in [0.05, 0.1) is 5.69 Å². The minimum absolute atomic E-state index is 0.102. The number of rotatable bonds is 2. The van der Waals surface area contributed by atoms with Crippen molar-refractivity contribution in [1.82, 2.24) is 0 Å². The highest BCUT2D eigenvalue weighted by molar-refractivity contribution is 9.10. The van der Waals surface area contributed by atoms with E-state index in [2.05, 4.69) is 48.8 Å². The molecule has 3 heteroatoms. The SMILES string of the molecule is CC(C)(C)c1cccc(Oc2ccc(Br)cc2N)c1.